The third kappa shape index (κ3) is 2.67. The van der Waals surface area contributed by atoms with Gasteiger partial charge < -0.3 is 4.90 Å². The first-order chi connectivity index (χ1) is 8.97. The van der Waals surface area contributed by atoms with Gasteiger partial charge in [-0.05, 0) is 30.6 Å². The maximum absolute atomic E-state index is 12.7. The SMILES string of the molecule is CCC1NC(C(C)C)C(=O)N1C1CCCC(C)C1C. The van der Waals surface area contributed by atoms with Gasteiger partial charge >= 0.3 is 0 Å². The lowest BCUT2D eigenvalue weighted by molar-refractivity contribution is -0.135. The molecule has 1 heterocycles. The van der Waals surface area contributed by atoms with Crippen molar-refractivity contribution in [2.45, 2.75) is 78.6 Å². The van der Waals surface area contributed by atoms with E-state index in [4.69, 9.17) is 0 Å². The van der Waals surface area contributed by atoms with E-state index in [9.17, 15) is 4.79 Å². The Kier molecular flexibility index (Phi) is 4.54. The maximum Gasteiger partial charge on any atom is 0.241 e. The van der Waals surface area contributed by atoms with Gasteiger partial charge in [-0.2, -0.15) is 0 Å². The van der Waals surface area contributed by atoms with Crippen LogP contribution in [0, 0.1) is 17.8 Å². The van der Waals surface area contributed by atoms with Crippen molar-refractivity contribution in [2.75, 3.05) is 0 Å². The van der Waals surface area contributed by atoms with Crippen LogP contribution in [0.3, 0.4) is 0 Å². The van der Waals surface area contributed by atoms with Gasteiger partial charge in [-0.25, -0.2) is 0 Å². The molecule has 0 aromatic rings. The van der Waals surface area contributed by atoms with Crippen LogP contribution < -0.4 is 5.32 Å². The average Bonchev–Trinajstić information content (AvgIpc) is 2.70. The van der Waals surface area contributed by atoms with Crippen molar-refractivity contribution in [1.82, 2.24) is 10.2 Å². The molecule has 1 N–H and O–H groups in total. The van der Waals surface area contributed by atoms with Gasteiger partial charge in [-0.1, -0.05) is 47.5 Å². The third-order valence-corrected chi connectivity index (χ3v) is 5.30. The Labute approximate surface area is 118 Å². The minimum atomic E-state index is 0.0226. The van der Waals surface area contributed by atoms with Gasteiger partial charge in [-0.3, -0.25) is 10.1 Å². The summed E-state index contributed by atoms with van der Waals surface area (Å²) < 4.78 is 0. The summed E-state index contributed by atoms with van der Waals surface area (Å²) in [5, 5.41) is 3.55. The normalized spacial score (nSPS) is 40.2. The van der Waals surface area contributed by atoms with E-state index in [2.05, 4.69) is 44.8 Å². The predicted octanol–water partition coefficient (Wildman–Crippen LogP) is 3.00. The number of carbonyl (C=O) groups excluding carboxylic acids is 1. The van der Waals surface area contributed by atoms with Crippen LogP contribution in [0.4, 0.5) is 0 Å². The number of hydrogen-bond acceptors (Lipinski definition) is 2. The summed E-state index contributed by atoms with van der Waals surface area (Å²) in [7, 11) is 0. The monoisotopic (exact) mass is 266 g/mol. The second-order valence-electron chi connectivity index (χ2n) is 6.89. The highest BCUT2D eigenvalue weighted by Gasteiger charge is 2.45. The van der Waals surface area contributed by atoms with Crippen LogP contribution in [0.15, 0.2) is 0 Å². The summed E-state index contributed by atoms with van der Waals surface area (Å²) in [5.41, 5.74) is 0. The molecule has 2 aliphatic rings. The quantitative estimate of drug-likeness (QED) is 0.851. The molecule has 5 unspecified atom stereocenters. The van der Waals surface area contributed by atoms with Crippen LogP contribution in [0.2, 0.25) is 0 Å². The molecule has 0 bridgehead atoms. The topological polar surface area (TPSA) is 32.3 Å². The molecule has 0 spiro atoms. The Balaban J connectivity index is 2.19. The minimum Gasteiger partial charge on any atom is -0.323 e. The van der Waals surface area contributed by atoms with Crippen molar-refractivity contribution in [3.8, 4) is 0 Å². The molecule has 3 heteroatoms. The van der Waals surface area contributed by atoms with E-state index in [1.165, 1.54) is 19.3 Å². The highest BCUT2D eigenvalue weighted by molar-refractivity contribution is 5.85. The summed E-state index contributed by atoms with van der Waals surface area (Å²) in [6, 6.07) is 0.465. The first-order valence-corrected chi connectivity index (χ1v) is 8.05. The number of hydrogen-bond donors (Lipinski definition) is 1. The number of rotatable bonds is 3. The Morgan fingerprint density at radius 1 is 1.32 bits per heavy atom. The van der Waals surface area contributed by atoms with Crippen LogP contribution in [0.1, 0.15) is 60.3 Å². The molecule has 2 rings (SSSR count). The van der Waals surface area contributed by atoms with Crippen molar-refractivity contribution in [3.63, 3.8) is 0 Å². The molecule has 0 aromatic heterocycles. The van der Waals surface area contributed by atoms with E-state index in [-0.39, 0.29) is 12.2 Å². The molecular formula is C16H30N2O. The largest absolute Gasteiger partial charge is 0.323 e. The molecule has 1 amide bonds. The standard InChI is InChI=1S/C16H30N2O/c1-6-14-17-15(10(2)3)16(19)18(14)13-9-7-8-11(4)12(13)5/h10-15,17H,6-9H2,1-5H3. The first-order valence-electron chi connectivity index (χ1n) is 8.05. The number of nitrogens with one attached hydrogen (secondary N) is 1. The van der Waals surface area contributed by atoms with Crippen LogP contribution in [-0.4, -0.2) is 29.1 Å². The predicted molar refractivity (Wildman–Crippen MR) is 78.7 cm³/mol. The lowest BCUT2D eigenvalue weighted by Crippen LogP contribution is -2.50. The fraction of sp³-hybridized carbons (Fsp3) is 0.938. The van der Waals surface area contributed by atoms with E-state index in [1.54, 1.807) is 0 Å². The van der Waals surface area contributed by atoms with Crippen molar-refractivity contribution in [3.05, 3.63) is 0 Å². The molecule has 19 heavy (non-hydrogen) atoms. The summed E-state index contributed by atoms with van der Waals surface area (Å²) in [6.07, 6.45) is 5.02. The Morgan fingerprint density at radius 3 is 2.58 bits per heavy atom. The zero-order valence-electron chi connectivity index (χ0n) is 13.1. The Hall–Kier alpha value is -0.570. The molecule has 5 atom stereocenters. The van der Waals surface area contributed by atoms with E-state index in [1.807, 2.05) is 0 Å². The zero-order chi connectivity index (χ0) is 14.2. The summed E-state index contributed by atoms with van der Waals surface area (Å²) in [4.78, 5) is 14.9. The van der Waals surface area contributed by atoms with E-state index in [0.717, 1.165) is 12.3 Å². The lowest BCUT2D eigenvalue weighted by atomic mass is 9.77. The average molecular weight is 266 g/mol. The molecular weight excluding hydrogens is 236 g/mol. The van der Waals surface area contributed by atoms with E-state index in [0.29, 0.717) is 23.8 Å². The molecule has 0 radical (unpaired) electrons. The highest BCUT2D eigenvalue weighted by Crippen LogP contribution is 2.36. The molecule has 1 saturated carbocycles. The molecule has 2 fully saturated rings. The maximum atomic E-state index is 12.7. The first kappa shape index (κ1) is 14.8. The lowest BCUT2D eigenvalue weighted by Gasteiger charge is -2.42. The van der Waals surface area contributed by atoms with Gasteiger partial charge in [0.1, 0.15) is 0 Å². The van der Waals surface area contributed by atoms with Gasteiger partial charge in [-0.15, -0.1) is 0 Å². The third-order valence-electron chi connectivity index (χ3n) is 5.30. The van der Waals surface area contributed by atoms with Crippen molar-refractivity contribution in [1.29, 1.82) is 0 Å². The molecule has 1 aliphatic carbocycles. The fourth-order valence-corrected chi connectivity index (χ4v) is 3.81. The second kappa shape index (κ2) is 5.82. The Bertz CT molecular complexity index is 329. The van der Waals surface area contributed by atoms with E-state index >= 15 is 0 Å². The summed E-state index contributed by atoms with van der Waals surface area (Å²) in [6.45, 7) is 11.1. The highest BCUT2D eigenvalue weighted by atomic mass is 16.2. The molecule has 1 aliphatic heterocycles. The van der Waals surface area contributed by atoms with Gasteiger partial charge in [0.2, 0.25) is 5.91 Å². The summed E-state index contributed by atoms with van der Waals surface area (Å²) in [5.74, 6) is 2.08. The zero-order valence-corrected chi connectivity index (χ0v) is 13.1. The van der Waals surface area contributed by atoms with Gasteiger partial charge in [0, 0.05) is 6.04 Å². The number of amides is 1. The number of nitrogens with zero attached hydrogens (tertiary/aromatic N) is 1. The fourth-order valence-electron chi connectivity index (χ4n) is 3.81. The molecule has 1 saturated heterocycles. The van der Waals surface area contributed by atoms with E-state index < -0.39 is 0 Å². The van der Waals surface area contributed by atoms with Crippen LogP contribution in [0.5, 0.6) is 0 Å². The molecule has 3 nitrogen and oxygen atoms in total. The number of carbonyl (C=O) groups is 1. The molecule has 0 aromatic carbocycles. The van der Waals surface area contributed by atoms with Crippen molar-refractivity contribution >= 4 is 5.91 Å². The smallest absolute Gasteiger partial charge is 0.241 e. The Morgan fingerprint density at radius 2 is 2.00 bits per heavy atom. The van der Waals surface area contributed by atoms with Crippen molar-refractivity contribution in [2.24, 2.45) is 17.8 Å². The second-order valence-corrected chi connectivity index (χ2v) is 6.89. The van der Waals surface area contributed by atoms with Gasteiger partial charge in [0.25, 0.3) is 0 Å². The van der Waals surface area contributed by atoms with Crippen LogP contribution in [0.25, 0.3) is 0 Å². The van der Waals surface area contributed by atoms with Crippen LogP contribution >= 0.6 is 0 Å². The van der Waals surface area contributed by atoms with Crippen molar-refractivity contribution < 1.29 is 4.79 Å². The molecule has 110 valence electrons. The van der Waals surface area contributed by atoms with Gasteiger partial charge in [0.05, 0.1) is 12.2 Å². The summed E-state index contributed by atoms with van der Waals surface area (Å²) >= 11 is 0. The minimum absolute atomic E-state index is 0.0226. The van der Waals surface area contributed by atoms with Crippen LogP contribution in [-0.2, 0) is 4.79 Å². The van der Waals surface area contributed by atoms with Gasteiger partial charge in [0.15, 0.2) is 0 Å².